The highest BCUT2D eigenvalue weighted by Crippen LogP contribution is 2.36. The molecule has 6 nitrogen and oxygen atoms in total. The Balaban J connectivity index is 1.81. The molecule has 1 aromatic heterocycles. The van der Waals surface area contributed by atoms with Crippen molar-refractivity contribution in [2.24, 2.45) is 0 Å². The lowest BCUT2D eigenvalue weighted by Gasteiger charge is -2.12. The summed E-state index contributed by atoms with van der Waals surface area (Å²) in [6.07, 6.45) is 4.24. The first-order chi connectivity index (χ1) is 11.2. The van der Waals surface area contributed by atoms with Crippen LogP contribution in [0.15, 0.2) is 24.4 Å². The fraction of sp³-hybridized carbons (Fsp3) is 0.176. The van der Waals surface area contributed by atoms with Crippen molar-refractivity contribution >= 4 is 29.2 Å². The van der Waals surface area contributed by atoms with Crippen LogP contribution >= 0.6 is 0 Å². The number of anilines is 1. The number of hydrogen-bond donors (Lipinski definition) is 3. The van der Waals surface area contributed by atoms with Gasteiger partial charge in [0, 0.05) is 29.7 Å². The maximum atomic E-state index is 12.3. The molecule has 0 spiro atoms. The molecule has 116 valence electrons. The normalized spacial score (nSPS) is 17.5. The number of carbonyl (C=O) groups is 2. The van der Waals surface area contributed by atoms with Gasteiger partial charge in [-0.1, -0.05) is 0 Å². The highest BCUT2D eigenvalue weighted by molar-refractivity contribution is 6.35. The number of aromatic amines is 1. The molecular weight excluding hydrogens is 294 g/mol. The Kier molecular flexibility index (Phi) is 2.97. The number of benzene rings is 1. The SMILES string of the molecule is COc1ccc2c(c1)C(=Cc1[nH]cc3c1CCNC3=O)C(=O)N2. The number of ether oxygens (including phenoxy) is 1. The molecule has 6 heteroatoms. The summed E-state index contributed by atoms with van der Waals surface area (Å²) in [6.45, 7) is 0.608. The lowest BCUT2D eigenvalue weighted by Crippen LogP contribution is -2.31. The van der Waals surface area contributed by atoms with Gasteiger partial charge in [0.2, 0.25) is 0 Å². The first-order valence-corrected chi connectivity index (χ1v) is 7.37. The Hall–Kier alpha value is -3.02. The van der Waals surface area contributed by atoms with E-state index in [4.69, 9.17) is 4.74 Å². The van der Waals surface area contributed by atoms with E-state index in [-0.39, 0.29) is 11.8 Å². The molecule has 23 heavy (non-hydrogen) atoms. The van der Waals surface area contributed by atoms with Crippen molar-refractivity contribution in [3.8, 4) is 5.75 Å². The highest BCUT2D eigenvalue weighted by Gasteiger charge is 2.26. The standard InChI is InChI=1S/C17H15N3O3/c1-23-9-2-3-14-11(6-9)12(17(22)20-14)7-15-10-4-5-18-16(21)13(10)8-19-15/h2-3,6-8,19H,4-5H2,1H3,(H,18,21)(H,20,22). The molecule has 0 fully saturated rings. The summed E-state index contributed by atoms with van der Waals surface area (Å²) in [5, 5.41) is 5.65. The zero-order chi connectivity index (χ0) is 16.0. The molecule has 0 unspecified atom stereocenters. The number of nitrogens with one attached hydrogen (secondary N) is 3. The van der Waals surface area contributed by atoms with Crippen molar-refractivity contribution in [1.29, 1.82) is 0 Å². The number of fused-ring (bicyclic) bond motifs is 2. The van der Waals surface area contributed by atoms with Crippen LogP contribution in [0.2, 0.25) is 0 Å². The van der Waals surface area contributed by atoms with Gasteiger partial charge < -0.3 is 20.4 Å². The third-order valence-electron chi connectivity index (χ3n) is 4.23. The summed E-state index contributed by atoms with van der Waals surface area (Å²) in [5.74, 6) is 0.459. The lowest BCUT2D eigenvalue weighted by molar-refractivity contribution is -0.110. The Morgan fingerprint density at radius 3 is 2.87 bits per heavy atom. The molecule has 2 aliphatic rings. The molecule has 4 rings (SSSR count). The number of hydrogen-bond acceptors (Lipinski definition) is 3. The van der Waals surface area contributed by atoms with Crippen molar-refractivity contribution in [2.45, 2.75) is 6.42 Å². The van der Waals surface area contributed by atoms with E-state index in [1.807, 2.05) is 18.2 Å². The van der Waals surface area contributed by atoms with Gasteiger partial charge in [-0.3, -0.25) is 9.59 Å². The Morgan fingerprint density at radius 2 is 2.04 bits per heavy atom. The average molecular weight is 309 g/mol. The van der Waals surface area contributed by atoms with Crippen molar-refractivity contribution in [3.63, 3.8) is 0 Å². The molecule has 0 saturated carbocycles. The minimum Gasteiger partial charge on any atom is -0.497 e. The van der Waals surface area contributed by atoms with E-state index in [1.165, 1.54) is 0 Å². The fourth-order valence-corrected chi connectivity index (χ4v) is 3.05. The zero-order valence-corrected chi connectivity index (χ0v) is 12.5. The molecule has 2 aliphatic heterocycles. The minimum atomic E-state index is -0.156. The zero-order valence-electron chi connectivity index (χ0n) is 12.5. The minimum absolute atomic E-state index is 0.0786. The molecule has 0 atom stereocenters. The fourth-order valence-electron chi connectivity index (χ4n) is 3.05. The first-order valence-electron chi connectivity index (χ1n) is 7.37. The summed E-state index contributed by atoms with van der Waals surface area (Å²) in [6, 6.07) is 5.47. The van der Waals surface area contributed by atoms with Crippen LogP contribution in [0.3, 0.4) is 0 Å². The second-order valence-electron chi connectivity index (χ2n) is 5.52. The van der Waals surface area contributed by atoms with Gasteiger partial charge in [-0.2, -0.15) is 0 Å². The molecule has 0 saturated heterocycles. The van der Waals surface area contributed by atoms with E-state index < -0.39 is 0 Å². The molecule has 2 amide bonds. The van der Waals surface area contributed by atoms with Crippen LogP contribution in [0.4, 0.5) is 5.69 Å². The summed E-state index contributed by atoms with van der Waals surface area (Å²) < 4.78 is 5.24. The Morgan fingerprint density at radius 1 is 1.17 bits per heavy atom. The number of methoxy groups -OCH3 is 1. The van der Waals surface area contributed by atoms with E-state index in [9.17, 15) is 9.59 Å². The molecular formula is C17H15N3O3. The van der Waals surface area contributed by atoms with Crippen LogP contribution in [0.5, 0.6) is 5.75 Å². The van der Waals surface area contributed by atoms with E-state index >= 15 is 0 Å². The highest BCUT2D eigenvalue weighted by atomic mass is 16.5. The molecule has 0 radical (unpaired) electrons. The summed E-state index contributed by atoms with van der Waals surface area (Å²) in [4.78, 5) is 27.2. The van der Waals surface area contributed by atoms with Gasteiger partial charge in [0.25, 0.3) is 11.8 Å². The van der Waals surface area contributed by atoms with Crippen molar-refractivity contribution in [2.75, 3.05) is 19.0 Å². The molecule has 1 aromatic carbocycles. The quantitative estimate of drug-likeness (QED) is 0.740. The number of H-pyrrole nitrogens is 1. The maximum Gasteiger partial charge on any atom is 0.256 e. The predicted molar refractivity (Wildman–Crippen MR) is 86.3 cm³/mol. The third kappa shape index (κ3) is 2.11. The van der Waals surface area contributed by atoms with Crippen molar-refractivity contribution < 1.29 is 14.3 Å². The molecule has 2 aromatic rings. The van der Waals surface area contributed by atoms with Crippen molar-refractivity contribution in [3.05, 3.63) is 46.8 Å². The Bertz CT molecular complexity index is 864. The van der Waals surface area contributed by atoms with Gasteiger partial charge in [0.15, 0.2) is 0 Å². The number of carbonyl (C=O) groups excluding carboxylic acids is 2. The number of amides is 2. The van der Waals surface area contributed by atoms with Gasteiger partial charge in [0.05, 0.1) is 18.2 Å². The monoisotopic (exact) mass is 309 g/mol. The third-order valence-corrected chi connectivity index (χ3v) is 4.23. The largest absolute Gasteiger partial charge is 0.497 e. The summed E-state index contributed by atoms with van der Waals surface area (Å²) in [5.41, 5.74) is 4.53. The molecule has 3 N–H and O–H groups in total. The van der Waals surface area contributed by atoms with Gasteiger partial charge in [0.1, 0.15) is 5.75 Å². The number of aromatic nitrogens is 1. The molecule has 0 aliphatic carbocycles. The van der Waals surface area contributed by atoms with E-state index in [0.717, 1.165) is 28.9 Å². The number of rotatable bonds is 2. The van der Waals surface area contributed by atoms with Crippen LogP contribution in [0, 0.1) is 0 Å². The van der Waals surface area contributed by atoms with Crippen LogP contribution in [-0.4, -0.2) is 30.5 Å². The molecule has 3 heterocycles. The van der Waals surface area contributed by atoms with E-state index in [1.54, 1.807) is 19.4 Å². The van der Waals surface area contributed by atoms with Crippen LogP contribution < -0.4 is 15.4 Å². The predicted octanol–water partition coefficient (Wildman–Crippen LogP) is 1.80. The van der Waals surface area contributed by atoms with Gasteiger partial charge in [-0.25, -0.2) is 0 Å². The van der Waals surface area contributed by atoms with Crippen molar-refractivity contribution in [1.82, 2.24) is 10.3 Å². The van der Waals surface area contributed by atoms with Crippen LogP contribution in [0.25, 0.3) is 11.6 Å². The van der Waals surface area contributed by atoms with Crippen LogP contribution in [-0.2, 0) is 11.2 Å². The van der Waals surface area contributed by atoms with Gasteiger partial charge in [-0.15, -0.1) is 0 Å². The first kappa shape index (κ1) is 13.6. The van der Waals surface area contributed by atoms with E-state index in [0.29, 0.717) is 23.4 Å². The maximum absolute atomic E-state index is 12.3. The lowest BCUT2D eigenvalue weighted by atomic mass is 10.00. The Labute approximate surface area is 132 Å². The van der Waals surface area contributed by atoms with Gasteiger partial charge in [-0.05, 0) is 36.3 Å². The summed E-state index contributed by atoms with van der Waals surface area (Å²) >= 11 is 0. The topological polar surface area (TPSA) is 83.2 Å². The van der Waals surface area contributed by atoms with Crippen LogP contribution in [0.1, 0.15) is 27.2 Å². The van der Waals surface area contributed by atoms with E-state index in [2.05, 4.69) is 15.6 Å². The molecule has 0 bridgehead atoms. The second-order valence-corrected chi connectivity index (χ2v) is 5.52. The second kappa shape index (κ2) is 5.01. The smallest absolute Gasteiger partial charge is 0.256 e. The summed E-state index contributed by atoms with van der Waals surface area (Å²) in [7, 11) is 1.59. The average Bonchev–Trinajstić information content (AvgIpc) is 3.10. The van der Waals surface area contributed by atoms with Gasteiger partial charge >= 0.3 is 0 Å².